The number of amides is 2. The molecule has 0 radical (unpaired) electrons. The number of nitrogens with zero attached hydrogens (tertiary/aromatic N) is 2. The number of carbonyl (C=O) groups excluding carboxylic acids is 3. The van der Waals surface area contributed by atoms with Crippen molar-refractivity contribution in [2.24, 2.45) is 5.84 Å². The lowest BCUT2D eigenvalue weighted by molar-refractivity contribution is -0.384. The summed E-state index contributed by atoms with van der Waals surface area (Å²) in [4.78, 5) is 45.4. The average molecular weight is 264 g/mol. The van der Waals surface area contributed by atoms with Gasteiger partial charge in [0.2, 0.25) is 0 Å². The van der Waals surface area contributed by atoms with Gasteiger partial charge >= 0.3 is 0 Å². The molecule has 0 spiro atoms. The second-order valence-corrected chi connectivity index (χ2v) is 3.75. The molecule has 9 nitrogen and oxygen atoms in total. The Hall–Kier alpha value is -2.81. The molecule has 0 unspecified atom stereocenters. The summed E-state index contributed by atoms with van der Waals surface area (Å²) in [6, 6.07) is 3.41. The zero-order valence-electron chi connectivity index (χ0n) is 9.45. The topological polar surface area (TPSA) is 136 Å². The third kappa shape index (κ3) is 2.02. The number of nitro benzene ring substituents is 1. The van der Waals surface area contributed by atoms with Gasteiger partial charge in [0.15, 0.2) is 0 Å². The van der Waals surface area contributed by atoms with E-state index < -0.39 is 29.1 Å². The van der Waals surface area contributed by atoms with E-state index in [0.717, 1.165) is 17.0 Å². The standard InChI is InChI=1S/C10H8N4O5/c11-12-8(15)4-13-7-2-1-5(14(18)19)3-6(7)9(16)10(13)17/h1-3H,4,11H2,(H,12,15). The predicted molar refractivity (Wildman–Crippen MR) is 62.1 cm³/mol. The minimum absolute atomic E-state index is 0.0935. The van der Waals surface area contributed by atoms with Crippen molar-refractivity contribution in [2.45, 2.75) is 0 Å². The van der Waals surface area contributed by atoms with Crippen LogP contribution in [0.25, 0.3) is 0 Å². The van der Waals surface area contributed by atoms with E-state index in [1.165, 1.54) is 6.07 Å². The quantitative estimate of drug-likeness (QED) is 0.239. The molecule has 2 rings (SSSR count). The molecule has 98 valence electrons. The number of non-ortho nitro benzene ring substituents is 1. The van der Waals surface area contributed by atoms with E-state index in [4.69, 9.17) is 5.84 Å². The monoisotopic (exact) mass is 264 g/mol. The van der Waals surface area contributed by atoms with E-state index in [0.29, 0.717) is 0 Å². The van der Waals surface area contributed by atoms with Gasteiger partial charge in [0, 0.05) is 12.1 Å². The second-order valence-electron chi connectivity index (χ2n) is 3.75. The smallest absolute Gasteiger partial charge is 0.295 e. The molecule has 0 bridgehead atoms. The highest BCUT2D eigenvalue weighted by Gasteiger charge is 2.37. The van der Waals surface area contributed by atoms with Gasteiger partial charge in [-0.25, -0.2) is 5.84 Å². The number of hydrazine groups is 1. The fourth-order valence-corrected chi connectivity index (χ4v) is 1.75. The zero-order chi connectivity index (χ0) is 14.2. The van der Waals surface area contributed by atoms with E-state index in [1.807, 2.05) is 5.43 Å². The van der Waals surface area contributed by atoms with Gasteiger partial charge in [-0.2, -0.15) is 0 Å². The number of nitrogens with two attached hydrogens (primary N) is 1. The van der Waals surface area contributed by atoms with Crippen LogP contribution >= 0.6 is 0 Å². The van der Waals surface area contributed by atoms with Crippen LogP contribution in [0, 0.1) is 10.1 Å². The zero-order valence-corrected chi connectivity index (χ0v) is 9.45. The molecule has 3 N–H and O–H groups in total. The molecule has 1 aliphatic rings. The highest BCUT2D eigenvalue weighted by atomic mass is 16.6. The maximum absolute atomic E-state index is 11.7. The number of hydrogen-bond donors (Lipinski definition) is 2. The number of fused-ring (bicyclic) bond motifs is 1. The first kappa shape index (κ1) is 12.6. The van der Waals surface area contributed by atoms with Crippen LogP contribution in [0.3, 0.4) is 0 Å². The molecule has 0 saturated carbocycles. The van der Waals surface area contributed by atoms with Gasteiger partial charge in [0.25, 0.3) is 23.3 Å². The van der Waals surface area contributed by atoms with Crippen molar-refractivity contribution in [1.82, 2.24) is 5.43 Å². The van der Waals surface area contributed by atoms with Crippen molar-refractivity contribution in [2.75, 3.05) is 11.4 Å². The first-order chi connectivity index (χ1) is 8.95. The molecule has 1 aromatic carbocycles. The second kappa shape index (κ2) is 4.46. The summed E-state index contributed by atoms with van der Waals surface area (Å²) in [6.07, 6.45) is 0. The highest BCUT2D eigenvalue weighted by molar-refractivity contribution is 6.52. The number of rotatable bonds is 3. The van der Waals surface area contributed by atoms with E-state index in [-0.39, 0.29) is 16.9 Å². The van der Waals surface area contributed by atoms with Gasteiger partial charge in [-0.15, -0.1) is 0 Å². The first-order valence-electron chi connectivity index (χ1n) is 5.09. The number of Topliss-reactive ketones (excluding diaryl/α,β-unsaturated/α-hetero) is 1. The molecule has 2 amide bonds. The Balaban J connectivity index is 2.44. The van der Waals surface area contributed by atoms with Crippen LogP contribution in [0.15, 0.2) is 18.2 Å². The number of hydrogen-bond acceptors (Lipinski definition) is 6. The number of carbonyl (C=O) groups is 3. The molecule has 0 saturated heterocycles. The molecule has 19 heavy (non-hydrogen) atoms. The van der Waals surface area contributed by atoms with Gasteiger partial charge in [-0.05, 0) is 6.07 Å². The third-order valence-corrected chi connectivity index (χ3v) is 2.63. The number of ketones is 1. The maximum atomic E-state index is 11.7. The van der Waals surface area contributed by atoms with Gasteiger partial charge < -0.3 is 0 Å². The van der Waals surface area contributed by atoms with Crippen molar-refractivity contribution in [1.29, 1.82) is 0 Å². The SMILES string of the molecule is NNC(=O)CN1C(=O)C(=O)c2cc([N+](=O)[O-])ccc21. The van der Waals surface area contributed by atoms with Gasteiger partial charge in [-0.1, -0.05) is 0 Å². The molecule has 0 fully saturated rings. The minimum atomic E-state index is -0.918. The summed E-state index contributed by atoms with van der Waals surface area (Å²) >= 11 is 0. The normalized spacial score (nSPS) is 13.4. The first-order valence-corrected chi connectivity index (χ1v) is 5.09. The largest absolute Gasteiger partial charge is 0.299 e. The van der Waals surface area contributed by atoms with Crippen LogP contribution in [0.4, 0.5) is 11.4 Å². The van der Waals surface area contributed by atoms with Crippen LogP contribution in [0.1, 0.15) is 10.4 Å². The Morgan fingerprint density at radius 1 is 1.42 bits per heavy atom. The molecular formula is C10H8N4O5. The summed E-state index contributed by atoms with van der Waals surface area (Å²) in [5.74, 6) is 2.44. The molecule has 0 aliphatic carbocycles. The van der Waals surface area contributed by atoms with E-state index in [9.17, 15) is 24.5 Å². The lowest BCUT2D eigenvalue weighted by Crippen LogP contribution is -2.42. The summed E-state index contributed by atoms with van der Waals surface area (Å²) in [6.45, 7) is -0.425. The van der Waals surface area contributed by atoms with Crippen LogP contribution < -0.4 is 16.2 Å². The minimum Gasteiger partial charge on any atom is -0.295 e. The Morgan fingerprint density at radius 2 is 2.11 bits per heavy atom. The number of nitro groups is 1. The summed E-state index contributed by atoms with van der Waals surface area (Å²) in [7, 11) is 0. The van der Waals surface area contributed by atoms with E-state index in [2.05, 4.69) is 0 Å². The van der Waals surface area contributed by atoms with Crippen LogP contribution in [-0.2, 0) is 9.59 Å². The number of benzene rings is 1. The maximum Gasteiger partial charge on any atom is 0.299 e. The fraction of sp³-hybridized carbons (Fsp3) is 0.100. The number of nitrogens with one attached hydrogen (secondary N) is 1. The van der Waals surface area contributed by atoms with E-state index >= 15 is 0 Å². The van der Waals surface area contributed by atoms with Crippen LogP contribution in [0.5, 0.6) is 0 Å². The Labute approximate surface area is 106 Å². The van der Waals surface area contributed by atoms with Crippen molar-refractivity contribution >= 4 is 29.0 Å². The van der Waals surface area contributed by atoms with Crippen molar-refractivity contribution in [3.63, 3.8) is 0 Å². The Morgan fingerprint density at radius 3 is 2.68 bits per heavy atom. The van der Waals surface area contributed by atoms with Crippen molar-refractivity contribution < 1.29 is 19.3 Å². The van der Waals surface area contributed by atoms with Crippen molar-refractivity contribution in [3.05, 3.63) is 33.9 Å². The van der Waals surface area contributed by atoms with Gasteiger partial charge in [0.05, 0.1) is 16.2 Å². The average Bonchev–Trinajstić information content (AvgIpc) is 2.63. The molecule has 1 aliphatic heterocycles. The van der Waals surface area contributed by atoms with Crippen molar-refractivity contribution in [3.8, 4) is 0 Å². The summed E-state index contributed by atoms with van der Waals surface area (Å²) in [5.41, 5.74) is 1.60. The molecular weight excluding hydrogens is 256 g/mol. The lowest BCUT2D eigenvalue weighted by Gasteiger charge is -2.14. The fourth-order valence-electron chi connectivity index (χ4n) is 1.75. The van der Waals surface area contributed by atoms with Crippen LogP contribution in [0.2, 0.25) is 0 Å². The molecule has 9 heteroatoms. The third-order valence-electron chi connectivity index (χ3n) is 2.63. The van der Waals surface area contributed by atoms with Gasteiger partial charge in [0.1, 0.15) is 6.54 Å². The van der Waals surface area contributed by atoms with Gasteiger partial charge in [-0.3, -0.25) is 34.8 Å². The lowest BCUT2D eigenvalue weighted by atomic mass is 10.1. The Bertz CT molecular complexity index is 612. The molecule has 0 aromatic heterocycles. The van der Waals surface area contributed by atoms with E-state index in [1.54, 1.807) is 0 Å². The predicted octanol–water partition coefficient (Wildman–Crippen LogP) is -0.886. The molecule has 0 atom stereocenters. The summed E-state index contributed by atoms with van der Waals surface area (Å²) < 4.78 is 0. The number of anilines is 1. The molecule has 1 heterocycles. The summed E-state index contributed by atoms with van der Waals surface area (Å²) in [5, 5.41) is 10.6. The highest BCUT2D eigenvalue weighted by Crippen LogP contribution is 2.31. The van der Waals surface area contributed by atoms with Crippen LogP contribution in [-0.4, -0.2) is 29.1 Å². The molecule has 1 aromatic rings. The Kier molecular flexibility index (Phi) is 2.97.